The third-order valence-electron chi connectivity index (χ3n) is 7.16. The molecule has 0 unspecified atom stereocenters. The van der Waals surface area contributed by atoms with Crippen LogP contribution >= 0.6 is 0 Å². The van der Waals surface area contributed by atoms with Gasteiger partial charge in [-0.1, -0.05) is 30.3 Å². The monoisotopic (exact) mass is 525 g/mol. The molecule has 0 bridgehead atoms. The summed E-state index contributed by atoms with van der Waals surface area (Å²) in [5, 5.41) is 0.554. The Morgan fingerprint density at radius 2 is 1.56 bits per heavy atom. The van der Waals surface area contributed by atoms with Crippen molar-refractivity contribution in [2.24, 2.45) is 0 Å². The first-order valence-electron chi connectivity index (χ1n) is 12.9. The molecule has 9 heteroatoms. The third-order valence-corrected chi connectivity index (χ3v) is 7.16. The summed E-state index contributed by atoms with van der Waals surface area (Å²) in [6.45, 7) is 5.99. The number of nitrogens with zero attached hydrogens (tertiary/aromatic N) is 4. The number of ether oxygens (including phenoxy) is 2. The molecule has 0 atom stereocenters. The van der Waals surface area contributed by atoms with Gasteiger partial charge in [0.2, 0.25) is 5.95 Å². The van der Waals surface area contributed by atoms with Crippen molar-refractivity contribution in [2.75, 3.05) is 33.0 Å². The molecule has 0 saturated carbocycles. The molecule has 3 aromatic carbocycles. The molecule has 9 nitrogen and oxygen atoms in total. The van der Waals surface area contributed by atoms with E-state index in [1.165, 1.54) is 7.11 Å². The second kappa shape index (κ2) is 10.6. The van der Waals surface area contributed by atoms with Gasteiger partial charge < -0.3 is 25.0 Å². The van der Waals surface area contributed by atoms with E-state index in [-0.39, 0.29) is 23.5 Å². The maximum atomic E-state index is 13.7. The van der Waals surface area contributed by atoms with Crippen LogP contribution in [0.5, 0.6) is 11.5 Å². The van der Waals surface area contributed by atoms with E-state index < -0.39 is 0 Å². The number of rotatable bonds is 7. The van der Waals surface area contributed by atoms with Gasteiger partial charge in [0.05, 0.1) is 25.3 Å². The van der Waals surface area contributed by atoms with Crippen LogP contribution in [0.25, 0.3) is 22.0 Å². The Morgan fingerprint density at radius 3 is 2.18 bits per heavy atom. The van der Waals surface area contributed by atoms with Crippen LogP contribution < -0.4 is 15.2 Å². The van der Waals surface area contributed by atoms with Crippen LogP contribution in [0.1, 0.15) is 45.8 Å². The van der Waals surface area contributed by atoms with Crippen LogP contribution in [-0.2, 0) is 13.1 Å². The number of aromatic nitrogens is 2. The lowest BCUT2D eigenvalue weighted by Crippen LogP contribution is -2.30. The lowest BCUT2D eigenvalue weighted by molar-refractivity contribution is 0.0745. The molecule has 39 heavy (non-hydrogen) atoms. The molecule has 200 valence electrons. The van der Waals surface area contributed by atoms with Gasteiger partial charge in [-0.05, 0) is 60.4 Å². The minimum absolute atomic E-state index is 0.0267. The summed E-state index contributed by atoms with van der Waals surface area (Å²) in [4.78, 5) is 39.5. The van der Waals surface area contributed by atoms with Gasteiger partial charge in [-0.3, -0.25) is 9.59 Å². The topological polar surface area (TPSA) is 111 Å². The fourth-order valence-electron chi connectivity index (χ4n) is 5.08. The number of methoxy groups -OCH3 is 2. The SMILES string of the molecule is CCN(CC)C(=O)c1cc(OC)c(OC)cc1-c1ccc2nc(N)nc(C(=O)N3Cc4ccccc4C3)c2c1. The van der Waals surface area contributed by atoms with Crippen molar-refractivity contribution in [3.8, 4) is 22.6 Å². The summed E-state index contributed by atoms with van der Waals surface area (Å²) < 4.78 is 11.1. The van der Waals surface area contributed by atoms with E-state index in [0.717, 1.165) is 11.1 Å². The van der Waals surface area contributed by atoms with Crippen LogP contribution in [-0.4, -0.2) is 58.9 Å². The van der Waals surface area contributed by atoms with Crippen LogP contribution in [0.2, 0.25) is 0 Å². The molecule has 4 aromatic rings. The number of benzene rings is 3. The maximum absolute atomic E-state index is 13.7. The first-order valence-corrected chi connectivity index (χ1v) is 12.9. The first-order chi connectivity index (χ1) is 18.9. The predicted molar refractivity (Wildman–Crippen MR) is 150 cm³/mol. The second-order valence-corrected chi connectivity index (χ2v) is 9.32. The van der Waals surface area contributed by atoms with Gasteiger partial charge in [-0.25, -0.2) is 9.97 Å². The number of hydrogen-bond acceptors (Lipinski definition) is 7. The van der Waals surface area contributed by atoms with Crippen LogP contribution in [0.3, 0.4) is 0 Å². The van der Waals surface area contributed by atoms with Crippen molar-refractivity contribution < 1.29 is 19.1 Å². The largest absolute Gasteiger partial charge is 0.493 e. The average molecular weight is 526 g/mol. The zero-order valence-corrected chi connectivity index (χ0v) is 22.5. The minimum atomic E-state index is -0.228. The molecule has 1 aromatic heterocycles. The summed E-state index contributed by atoms with van der Waals surface area (Å²) in [7, 11) is 3.09. The highest BCUT2D eigenvalue weighted by molar-refractivity contribution is 6.07. The molecule has 1 aliphatic heterocycles. The minimum Gasteiger partial charge on any atom is -0.493 e. The molecule has 0 aliphatic carbocycles. The van der Waals surface area contributed by atoms with E-state index >= 15 is 0 Å². The van der Waals surface area contributed by atoms with Gasteiger partial charge in [0.25, 0.3) is 11.8 Å². The predicted octanol–water partition coefficient (Wildman–Crippen LogP) is 4.53. The summed E-state index contributed by atoms with van der Waals surface area (Å²) in [6.07, 6.45) is 0. The van der Waals surface area contributed by atoms with E-state index in [0.29, 0.717) is 65.3 Å². The molecular weight excluding hydrogens is 494 g/mol. The van der Waals surface area contributed by atoms with E-state index in [1.807, 2.05) is 50.2 Å². The first kappa shape index (κ1) is 26.0. The van der Waals surface area contributed by atoms with E-state index in [1.54, 1.807) is 35.1 Å². The van der Waals surface area contributed by atoms with Crippen molar-refractivity contribution >= 4 is 28.7 Å². The Balaban J connectivity index is 1.65. The Labute approximate surface area is 227 Å². The standard InChI is InChI=1S/C30H31N5O4/c1-5-34(6-2)28(36)22-15-26(39-4)25(38-3)14-21(22)18-11-12-24-23(13-18)27(33-30(31)32-24)29(37)35-16-19-9-7-8-10-20(19)17-35/h7-15H,5-6,16-17H2,1-4H3,(H2,31,32,33). The van der Waals surface area contributed by atoms with Gasteiger partial charge in [0.1, 0.15) is 5.69 Å². The van der Waals surface area contributed by atoms with Gasteiger partial charge in [-0.15, -0.1) is 0 Å². The summed E-state index contributed by atoms with van der Waals surface area (Å²) >= 11 is 0. The summed E-state index contributed by atoms with van der Waals surface area (Å²) in [5.74, 6) is 0.616. The van der Waals surface area contributed by atoms with Gasteiger partial charge in [0.15, 0.2) is 11.5 Å². The highest BCUT2D eigenvalue weighted by Crippen LogP contribution is 2.38. The maximum Gasteiger partial charge on any atom is 0.273 e. The number of fused-ring (bicyclic) bond motifs is 2. The Morgan fingerprint density at radius 1 is 0.923 bits per heavy atom. The van der Waals surface area contributed by atoms with Crippen molar-refractivity contribution in [1.82, 2.24) is 19.8 Å². The highest BCUT2D eigenvalue weighted by Gasteiger charge is 2.28. The van der Waals surface area contributed by atoms with E-state index in [9.17, 15) is 9.59 Å². The number of carbonyl (C=O) groups excluding carboxylic acids is 2. The molecule has 0 saturated heterocycles. The Bertz CT molecular complexity index is 1560. The van der Waals surface area contributed by atoms with Gasteiger partial charge in [0, 0.05) is 31.6 Å². The molecule has 0 radical (unpaired) electrons. The fourth-order valence-corrected chi connectivity index (χ4v) is 5.08. The molecule has 5 rings (SSSR count). The van der Waals surface area contributed by atoms with E-state index in [4.69, 9.17) is 15.2 Å². The number of amides is 2. The van der Waals surface area contributed by atoms with Gasteiger partial charge >= 0.3 is 0 Å². The fraction of sp³-hybridized carbons (Fsp3) is 0.267. The zero-order valence-electron chi connectivity index (χ0n) is 22.5. The van der Waals surface area contributed by atoms with Crippen LogP contribution in [0, 0.1) is 0 Å². The number of carbonyl (C=O) groups is 2. The molecule has 2 N–H and O–H groups in total. The van der Waals surface area contributed by atoms with Crippen LogP contribution in [0.4, 0.5) is 5.95 Å². The average Bonchev–Trinajstić information content (AvgIpc) is 3.40. The van der Waals surface area contributed by atoms with Crippen molar-refractivity contribution in [2.45, 2.75) is 26.9 Å². The molecule has 1 aliphatic rings. The highest BCUT2D eigenvalue weighted by atomic mass is 16.5. The smallest absolute Gasteiger partial charge is 0.273 e. The Hall–Kier alpha value is -4.66. The second-order valence-electron chi connectivity index (χ2n) is 9.32. The summed E-state index contributed by atoms with van der Waals surface area (Å²) in [6, 6.07) is 17.0. The molecule has 2 amide bonds. The number of hydrogen-bond donors (Lipinski definition) is 1. The van der Waals surface area contributed by atoms with E-state index in [2.05, 4.69) is 9.97 Å². The molecule has 0 fully saturated rings. The number of anilines is 1. The lowest BCUT2D eigenvalue weighted by Gasteiger charge is -2.22. The van der Waals surface area contributed by atoms with Crippen LogP contribution in [0.15, 0.2) is 54.6 Å². The van der Waals surface area contributed by atoms with Crippen molar-refractivity contribution in [3.05, 3.63) is 77.0 Å². The number of nitrogen functional groups attached to an aromatic ring is 1. The molecule has 0 spiro atoms. The molecular formula is C30H31N5O4. The normalized spacial score (nSPS) is 12.4. The zero-order chi connectivity index (χ0) is 27.7. The summed E-state index contributed by atoms with van der Waals surface area (Å²) in [5.41, 5.74) is 10.8. The quantitative estimate of drug-likeness (QED) is 0.377. The third kappa shape index (κ3) is 4.71. The number of nitrogens with two attached hydrogens (primary N) is 1. The van der Waals surface area contributed by atoms with Crippen molar-refractivity contribution in [1.29, 1.82) is 0 Å². The Kier molecular flexibility index (Phi) is 7.06. The van der Waals surface area contributed by atoms with Gasteiger partial charge in [-0.2, -0.15) is 0 Å². The molecule has 2 heterocycles. The van der Waals surface area contributed by atoms with Crippen molar-refractivity contribution in [3.63, 3.8) is 0 Å². The lowest BCUT2D eigenvalue weighted by atomic mass is 9.96.